The molecule has 5 rings (SSSR count). The minimum absolute atomic E-state index is 0.0651. The highest BCUT2D eigenvalue weighted by atomic mass is 32.2. The van der Waals surface area contributed by atoms with E-state index in [-0.39, 0.29) is 5.91 Å². The van der Waals surface area contributed by atoms with Crippen molar-refractivity contribution in [3.05, 3.63) is 84.4 Å². The first-order valence-electron chi connectivity index (χ1n) is 10.1. The number of methoxy groups -OCH3 is 1. The fraction of sp³-hybridized carbons (Fsp3) is 0.200. The summed E-state index contributed by atoms with van der Waals surface area (Å²) in [5.41, 5.74) is 1.90. The quantitative estimate of drug-likeness (QED) is 0.535. The molecule has 0 saturated carbocycles. The Labute approximate surface area is 185 Å². The molecular formula is C25H22N2O3S. The van der Waals surface area contributed by atoms with Crippen LogP contribution < -0.4 is 14.4 Å². The molecule has 2 aliphatic rings. The molecule has 0 radical (unpaired) electrons. The Hall–Kier alpha value is -3.25. The van der Waals surface area contributed by atoms with Crippen LogP contribution in [0.5, 0.6) is 11.5 Å². The normalized spacial score (nSPS) is 21.9. The number of fused-ring (bicyclic) bond motifs is 3. The Bertz CT molecular complexity index is 1150. The molecule has 3 aromatic carbocycles. The monoisotopic (exact) mass is 430 g/mol. The van der Waals surface area contributed by atoms with Gasteiger partial charge in [-0.2, -0.15) is 0 Å². The van der Waals surface area contributed by atoms with Crippen molar-refractivity contribution in [3.63, 3.8) is 0 Å². The molecule has 2 unspecified atom stereocenters. The van der Waals surface area contributed by atoms with Crippen molar-refractivity contribution in [1.82, 2.24) is 0 Å². The SMILES string of the molecule is COc1ccc(C23CC(SC)=Nc4ccccc4N2C(=O)C3Oc2ccccc2)cc1. The minimum atomic E-state index is -0.701. The molecule has 1 fully saturated rings. The lowest BCUT2D eigenvalue weighted by atomic mass is 9.72. The number of carbonyl (C=O) groups excluding carboxylic acids is 1. The summed E-state index contributed by atoms with van der Waals surface area (Å²) in [4.78, 5) is 20.3. The van der Waals surface area contributed by atoms with Gasteiger partial charge in [0.1, 0.15) is 17.0 Å². The number of anilines is 1. The maximum Gasteiger partial charge on any atom is 0.271 e. The van der Waals surface area contributed by atoms with E-state index < -0.39 is 11.6 Å². The Morgan fingerprint density at radius 2 is 1.68 bits per heavy atom. The second kappa shape index (κ2) is 7.78. The zero-order valence-corrected chi connectivity index (χ0v) is 18.1. The van der Waals surface area contributed by atoms with Gasteiger partial charge in [-0.1, -0.05) is 42.5 Å². The number of β-lactam (4-membered cyclic amide) rings is 1. The fourth-order valence-electron chi connectivity index (χ4n) is 4.39. The molecule has 5 nitrogen and oxygen atoms in total. The summed E-state index contributed by atoms with van der Waals surface area (Å²) in [6.45, 7) is 0. The lowest BCUT2D eigenvalue weighted by molar-refractivity contribution is -0.141. The molecule has 2 aliphatic heterocycles. The number of ether oxygens (including phenoxy) is 2. The number of carbonyl (C=O) groups is 1. The maximum absolute atomic E-state index is 13.5. The molecule has 156 valence electrons. The molecular weight excluding hydrogens is 408 g/mol. The van der Waals surface area contributed by atoms with Crippen molar-refractivity contribution in [2.24, 2.45) is 4.99 Å². The summed E-state index contributed by atoms with van der Waals surface area (Å²) in [6.07, 6.45) is 1.93. The van der Waals surface area contributed by atoms with Gasteiger partial charge in [0, 0.05) is 6.42 Å². The number of hydrogen-bond donors (Lipinski definition) is 0. The van der Waals surface area contributed by atoms with Crippen molar-refractivity contribution in [2.75, 3.05) is 18.3 Å². The fourth-order valence-corrected chi connectivity index (χ4v) is 4.94. The van der Waals surface area contributed by atoms with E-state index in [1.807, 2.05) is 90.0 Å². The Balaban J connectivity index is 1.69. The number of benzene rings is 3. The Morgan fingerprint density at radius 1 is 0.968 bits per heavy atom. The molecule has 0 N–H and O–H groups in total. The molecule has 0 aromatic heterocycles. The van der Waals surface area contributed by atoms with Crippen molar-refractivity contribution >= 4 is 34.1 Å². The van der Waals surface area contributed by atoms with E-state index >= 15 is 0 Å². The second-order valence-electron chi connectivity index (χ2n) is 7.51. The lowest BCUT2D eigenvalue weighted by Gasteiger charge is -2.56. The molecule has 2 atom stereocenters. The van der Waals surface area contributed by atoms with Crippen molar-refractivity contribution < 1.29 is 14.3 Å². The number of thioether (sulfide) groups is 1. The number of rotatable bonds is 4. The minimum Gasteiger partial charge on any atom is -0.497 e. The largest absolute Gasteiger partial charge is 0.497 e. The zero-order chi connectivity index (χ0) is 21.4. The van der Waals surface area contributed by atoms with Gasteiger partial charge in [0.05, 0.1) is 23.5 Å². The van der Waals surface area contributed by atoms with Crippen LogP contribution in [0.4, 0.5) is 11.4 Å². The summed E-state index contributed by atoms with van der Waals surface area (Å²) >= 11 is 1.60. The average Bonchev–Trinajstić information content (AvgIpc) is 2.96. The highest BCUT2D eigenvalue weighted by Gasteiger charge is 2.65. The number of hydrogen-bond acceptors (Lipinski definition) is 5. The van der Waals surface area contributed by atoms with Crippen LogP contribution in [0.1, 0.15) is 12.0 Å². The van der Waals surface area contributed by atoms with Crippen LogP contribution in [0.3, 0.4) is 0 Å². The number of amides is 1. The van der Waals surface area contributed by atoms with Crippen LogP contribution in [0.2, 0.25) is 0 Å². The molecule has 0 aliphatic carbocycles. The van der Waals surface area contributed by atoms with Gasteiger partial charge in [0.25, 0.3) is 5.91 Å². The van der Waals surface area contributed by atoms with Gasteiger partial charge < -0.3 is 9.47 Å². The zero-order valence-electron chi connectivity index (χ0n) is 17.3. The molecule has 1 amide bonds. The predicted octanol–water partition coefficient (Wildman–Crippen LogP) is 5.18. The standard InChI is InChI=1S/C25H22N2O3S/c1-29-18-14-12-17(13-15-18)25-16-22(31-2)26-20-10-6-7-11-21(20)27(25)24(28)23(25)30-19-8-4-3-5-9-19/h3-15,23H,16H2,1-2H3. The third kappa shape index (κ3) is 3.10. The Kier molecular flexibility index (Phi) is 4.94. The summed E-state index contributed by atoms with van der Waals surface area (Å²) in [6, 6.07) is 25.2. The second-order valence-corrected chi connectivity index (χ2v) is 8.39. The predicted molar refractivity (Wildman–Crippen MR) is 125 cm³/mol. The topological polar surface area (TPSA) is 51.1 Å². The van der Waals surface area contributed by atoms with Crippen LogP contribution >= 0.6 is 11.8 Å². The van der Waals surface area contributed by atoms with Crippen LogP contribution in [-0.4, -0.2) is 30.4 Å². The van der Waals surface area contributed by atoms with Crippen LogP contribution in [0.25, 0.3) is 0 Å². The average molecular weight is 431 g/mol. The first-order valence-corrected chi connectivity index (χ1v) is 11.3. The third-order valence-corrected chi connectivity index (χ3v) is 6.60. The number of aliphatic imine (C=N–C) groups is 1. The van der Waals surface area contributed by atoms with E-state index in [0.717, 1.165) is 27.7 Å². The van der Waals surface area contributed by atoms with E-state index in [1.165, 1.54) is 0 Å². The van der Waals surface area contributed by atoms with Crippen LogP contribution in [0.15, 0.2) is 83.9 Å². The van der Waals surface area contributed by atoms with Gasteiger partial charge in [-0.15, -0.1) is 11.8 Å². The highest BCUT2D eigenvalue weighted by Crippen LogP contribution is 2.54. The van der Waals surface area contributed by atoms with E-state index in [1.54, 1.807) is 18.9 Å². The smallest absolute Gasteiger partial charge is 0.271 e. The van der Waals surface area contributed by atoms with Gasteiger partial charge in [-0.3, -0.25) is 9.69 Å². The van der Waals surface area contributed by atoms with Crippen molar-refractivity contribution in [2.45, 2.75) is 18.1 Å². The van der Waals surface area contributed by atoms with E-state index in [2.05, 4.69) is 0 Å². The highest BCUT2D eigenvalue weighted by molar-refractivity contribution is 8.13. The molecule has 0 bridgehead atoms. The van der Waals surface area contributed by atoms with Crippen molar-refractivity contribution in [1.29, 1.82) is 0 Å². The van der Waals surface area contributed by atoms with Crippen LogP contribution in [0, 0.1) is 0 Å². The molecule has 31 heavy (non-hydrogen) atoms. The first-order chi connectivity index (χ1) is 15.2. The van der Waals surface area contributed by atoms with Crippen LogP contribution in [-0.2, 0) is 10.3 Å². The molecule has 3 aromatic rings. The summed E-state index contributed by atoms with van der Waals surface area (Å²) < 4.78 is 11.7. The van der Waals surface area contributed by atoms with E-state index in [4.69, 9.17) is 14.5 Å². The number of nitrogens with zero attached hydrogens (tertiary/aromatic N) is 2. The first kappa shape index (κ1) is 19.7. The third-order valence-electron chi connectivity index (χ3n) is 5.89. The Morgan fingerprint density at radius 3 is 2.39 bits per heavy atom. The van der Waals surface area contributed by atoms with Gasteiger partial charge in [-0.05, 0) is 48.2 Å². The van der Waals surface area contributed by atoms with Crippen molar-refractivity contribution in [3.8, 4) is 11.5 Å². The molecule has 6 heteroatoms. The molecule has 1 saturated heterocycles. The molecule has 0 spiro atoms. The van der Waals surface area contributed by atoms with Gasteiger partial charge in [0.15, 0.2) is 0 Å². The number of para-hydroxylation sites is 3. The van der Waals surface area contributed by atoms with Gasteiger partial charge in [-0.25, -0.2) is 4.99 Å². The molecule has 2 heterocycles. The maximum atomic E-state index is 13.5. The summed E-state index contributed by atoms with van der Waals surface area (Å²) in [5.74, 6) is 1.38. The summed E-state index contributed by atoms with van der Waals surface area (Å²) in [7, 11) is 1.65. The van der Waals surface area contributed by atoms with Gasteiger partial charge >= 0.3 is 0 Å². The lowest BCUT2D eigenvalue weighted by Crippen LogP contribution is -2.74. The van der Waals surface area contributed by atoms with E-state index in [9.17, 15) is 4.79 Å². The van der Waals surface area contributed by atoms with Gasteiger partial charge in [0.2, 0.25) is 6.10 Å². The van der Waals surface area contributed by atoms with E-state index in [0.29, 0.717) is 12.2 Å². The summed E-state index contributed by atoms with van der Waals surface area (Å²) in [5, 5.41) is 0.958.